The van der Waals surface area contributed by atoms with Crippen molar-refractivity contribution in [1.29, 1.82) is 0 Å². The number of hydrogen-bond donors (Lipinski definition) is 0. The fraction of sp³-hybridized carbons (Fsp3) is 1.00. The van der Waals surface area contributed by atoms with Crippen LogP contribution in [0.1, 0.15) is 117 Å². The van der Waals surface area contributed by atoms with Crippen molar-refractivity contribution in [2.45, 2.75) is 141 Å². The Balaban J connectivity index is 4.01. The molecule has 0 N–H and O–H groups in total. The van der Waals surface area contributed by atoms with Crippen molar-refractivity contribution in [2.24, 2.45) is 0 Å². The Labute approximate surface area is 170 Å². The quantitative estimate of drug-likeness (QED) is 0.102. The minimum absolute atomic E-state index is 0.958. The molecule has 0 radical (unpaired) electrons. The van der Waals surface area contributed by atoms with Crippen LogP contribution in [0.25, 0.3) is 0 Å². The van der Waals surface area contributed by atoms with Crippen LogP contribution in [-0.2, 0) is 0 Å². The normalized spacial score (nSPS) is 12.0. The lowest BCUT2D eigenvalue weighted by atomic mass is 10.1. The highest BCUT2D eigenvalue weighted by Crippen LogP contribution is 2.29. The lowest BCUT2D eigenvalue weighted by Gasteiger charge is -2.28. The maximum atomic E-state index is 3.57. The molecule has 0 nitrogen and oxygen atoms in total. The maximum absolute atomic E-state index is 3.57. The summed E-state index contributed by atoms with van der Waals surface area (Å²) >= 11 is 3.57. The summed E-state index contributed by atoms with van der Waals surface area (Å²) in [5.41, 5.74) is 0. The van der Waals surface area contributed by atoms with Crippen LogP contribution in [0.15, 0.2) is 0 Å². The van der Waals surface area contributed by atoms with Gasteiger partial charge in [-0.25, -0.2) is 0 Å². The summed E-state index contributed by atoms with van der Waals surface area (Å²) in [6, 6.07) is 4.85. The number of rotatable bonds is 20. The molecule has 0 heterocycles. The first-order valence-electron chi connectivity index (χ1n) is 11.7. The second-order valence-corrected chi connectivity index (χ2v) is 14.6. The lowest BCUT2D eigenvalue weighted by molar-refractivity contribution is 0.612. The van der Waals surface area contributed by atoms with E-state index in [0.717, 1.165) is 0 Å². The molecule has 2 heteroatoms. The van der Waals surface area contributed by atoms with Crippen LogP contribution in [0, 0.1) is 0 Å². The molecule has 152 valence electrons. The maximum Gasteiger partial charge on any atom is 0.0504 e. The molecule has 0 aliphatic carbocycles. The van der Waals surface area contributed by atoms with Crippen molar-refractivity contribution < 1.29 is 0 Å². The smallest absolute Gasteiger partial charge is 0.0504 e. The topological polar surface area (TPSA) is 0 Å². The van der Waals surface area contributed by atoms with E-state index in [9.17, 15) is 0 Å². The molecule has 0 bridgehead atoms. The zero-order valence-electron chi connectivity index (χ0n) is 18.0. The van der Waals surface area contributed by atoms with Gasteiger partial charge in [0.05, 0.1) is 8.07 Å². The number of hydrogen-bond acceptors (Lipinski definition) is 0. The molecule has 0 aromatic carbocycles. The van der Waals surface area contributed by atoms with Crippen LogP contribution in [0.3, 0.4) is 0 Å². The van der Waals surface area contributed by atoms with E-state index in [0.29, 0.717) is 0 Å². The molecule has 0 atom stereocenters. The Hall–Kier alpha value is 0.697. The molecule has 0 rings (SSSR count). The molecule has 0 aliphatic heterocycles. The molecule has 25 heavy (non-hydrogen) atoms. The van der Waals surface area contributed by atoms with E-state index in [1.54, 1.807) is 18.1 Å². The van der Waals surface area contributed by atoms with E-state index < -0.39 is 8.07 Å². The third-order valence-corrected chi connectivity index (χ3v) is 11.2. The van der Waals surface area contributed by atoms with Gasteiger partial charge in [-0.2, -0.15) is 0 Å². The van der Waals surface area contributed by atoms with E-state index >= 15 is 0 Å². The van der Waals surface area contributed by atoms with Gasteiger partial charge in [0.2, 0.25) is 0 Å². The highest BCUT2D eigenvalue weighted by Gasteiger charge is 2.25. The van der Waals surface area contributed by atoms with Crippen molar-refractivity contribution in [3.63, 3.8) is 0 Å². The molecule has 0 aliphatic rings. The van der Waals surface area contributed by atoms with Crippen molar-refractivity contribution in [3.8, 4) is 0 Å². The van der Waals surface area contributed by atoms with Gasteiger partial charge in [0.25, 0.3) is 0 Å². The molecule has 0 saturated heterocycles. The van der Waals surface area contributed by atoms with Crippen LogP contribution < -0.4 is 0 Å². The monoisotopic (exact) mass is 432 g/mol. The molecule has 0 fully saturated rings. The average molecular weight is 434 g/mol. The van der Waals surface area contributed by atoms with E-state index in [4.69, 9.17) is 0 Å². The van der Waals surface area contributed by atoms with Gasteiger partial charge in [0, 0.05) is 5.33 Å². The highest BCUT2D eigenvalue weighted by atomic mass is 79.9. The van der Waals surface area contributed by atoms with Crippen LogP contribution >= 0.6 is 15.9 Å². The molecule has 0 aromatic rings. The molecular formula is C23H49BrSi. The second kappa shape index (κ2) is 19.5. The van der Waals surface area contributed by atoms with Gasteiger partial charge >= 0.3 is 0 Å². The van der Waals surface area contributed by atoms with E-state index in [1.165, 1.54) is 108 Å². The molecular weight excluding hydrogens is 384 g/mol. The Morgan fingerprint density at radius 1 is 0.480 bits per heavy atom. The zero-order chi connectivity index (χ0) is 18.6. The Kier molecular flexibility index (Phi) is 20.0. The van der Waals surface area contributed by atoms with Crippen molar-refractivity contribution >= 4 is 24.0 Å². The Morgan fingerprint density at radius 3 is 1.16 bits per heavy atom. The SMILES string of the molecule is CCCCCCCC[Si](C)(CCCCCCBr)CCCCCCCC. The first-order chi connectivity index (χ1) is 12.2. The van der Waals surface area contributed by atoms with Crippen LogP contribution in [0.2, 0.25) is 24.7 Å². The standard InChI is InChI=1S/C23H49BrSi/c1-4-6-8-10-13-17-21-25(3,23-19-15-12-16-20-24)22-18-14-11-9-7-5-2/h4-23H2,1-3H3. The van der Waals surface area contributed by atoms with E-state index in [-0.39, 0.29) is 0 Å². The molecule has 0 unspecified atom stereocenters. The predicted molar refractivity (Wildman–Crippen MR) is 125 cm³/mol. The summed E-state index contributed by atoms with van der Waals surface area (Å²) < 4.78 is 0. The van der Waals surface area contributed by atoms with Gasteiger partial charge in [-0.3, -0.25) is 0 Å². The molecule has 0 aromatic heterocycles. The van der Waals surface area contributed by atoms with Gasteiger partial charge in [-0.15, -0.1) is 0 Å². The largest absolute Gasteiger partial charge is 0.0928 e. The summed E-state index contributed by atoms with van der Waals surface area (Å²) in [4.78, 5) is 0. The third-order valence-electron chi connectivity index (χ3n) is 5.93. The Bertz CT molecular complexity index is 238. The number of alkyl halides is 1. The minimum atomic E-state index is -0.958. The highest BCUT2D eigenvalue weighted by molar-refractivity contribution is 9.09. The molecule has 0 spiro atoms. The molecule has 0 amide bonds. The Morgan fingerprint density at radius 2 is 0.800 bits per heavy atom. The van der Waals surface area contributed by atoms with Crippen molar-refractivity contribution in [2.75, 3.05) is 5.33 Å². The first-order valence-corrected chi connectivity index (χ1v) is 16.0. The van der Waals surface area contributed by atoms with Gasteiger partial charge in [0.1, 0.15) is 0 Å². The van der Waals surface area contributed by atoms with Crippen molar-refractivity contribution in [1.82, 2.24) is 0 Å². The summed E-state index contributed by atoms with van der Waals surface area (Å²) in [6.07, 6.45) is 23.4. The van der Waals surface area contributed by atoms with E-state index in [1.807, 2.05) is 0 Å². The third kappa shape index (κ3) is 17.9. The molecule has 0 saturated carbocycles. The number of unbranched alkanes of at least 4 members (excludes halogenated alkanes) is 13. The minimum Gasteiger partial charge on any atom is -0.0928 e. The van der Waals surface area contributed by atoms with Gasteiger partial charge in [0.15, 0.2) is 0 Å². The second-order valence-electron chi connectivity index (χ2n) is 8.70. The zero-order valence-corrected chi connectivity index (χ0v) is 20.6. The van der Waals surface area contributed by atoms with Gasteiger partial charge in [-0.05, 0) is 6.42 Å². The van der Waals surface area contributed by atoms with Gasteiger partial charge in [-0.1, -0.05) is 151 Å². The van der Waals surface area contributed by atoms with Crippen LogP contribution in [0.5, 0.6) is 0 Å². The average Bonchev–Trinajstić information content (AvgIpc) is 2.61. The fourth-order valence-electron chi connectivity index (χ4n) is 4.04. The van der Waals surface area contributed by atoms with Crippen molar-refractivity contribution in [3.05, 3.63) is 0 Å². The summed E-state index contributed by atoms with van der Waals surface area (Å²) in [7, 11) is -0.958. The fourth-order valence-corrected chi connectivity index (χ4v) is 8.50. The summed E-state index contributed by atoms with van der Waals surface area (Å²) in [5, 5.41) is 1.19. The number of halogens is 1. The van der Waals surface area contributed by atoms with Crippen LogP contribution in [-0.4, -0.2) is 13.4 Å². The van der Waals surface area contributed by atoms with E-state index in [2.05, 4.69) is 36.3 Å². The predicted octanol–water partition coefficient (Wildman–Crippen LogP) is 9.74. The van der Waals surface area contributed by atoms with Gasteiger partial charge < -0.3 is 0 Å². The van der Waals surface area contributed by atoms with Crippen LogP contribution in [0.4, 0.5) is 0 Å². The summed E-state index contributed by atoms with van der Waals surface area (Å²) in [6.45, 7) is 7.38. The first kappa shape index (κ1) is 25.7. The lowest BCUT2D eigenvalue weighted by Crippen LogP contribution is -2.29. The summed E-state index contributed by atoms with van der Waals surface area (Å²) in [5.74, 6) is 0.